The predicted octanol–water partition coefficient (Wildman–Crippen LogP) is 3.84. The molecule has 2 aromatic carbocycles. The van der Waals surface area contributed by atoms with Crippen LogP contribution < -0.4 is 5.32 Å². The van der Waals surface area contributed by atoms with Crippen LogP contribution in [0.2, 0.25) is 0 Å². The van der Waals surface area contributed by atoms with E-state index in [1.807, 2.05) is 7.05 Å². The molecular formula is C19H20F3N3O. The number of hydrogen-bond donors (Lipinski definition) is 1. The summed E-state index contributed by atoms with van der Waals surface area (Å²) in [4.78, 5) is 16.8. The molecule has 7 heteroatoms. The molecule has 0 spiro atoms. The maximum Gasteiger partial charge on any atom is 0.416 e. The summed E-state index contributed by atoms with van der Waals surface area (Å²) in [6, 6.07) is 11.8. The maximum absolute atomic E-state index is 12.9. The van der Waals surface area contributed by atoms with E-state index < -0.39 is 11.7 Å². The number of nitrogens with one attached hydrogen (secondary N) is 1. The third-order valence-corrected chi connectivity index (χ3v) is 4.42. The highest BCUT2D eigenvalue weighted by atomic mass is 19.4. The van der Waals surface area contributed by atoms with Crippen molar-refractivity contribution < 1.29 is 18.0 Å². The number of anilines is 2. The lowest BCUT2D eigenvalue weighted by Gasteiger charge is -2.32. The molecule has 138 valence electrons. The summed E-state index contributed by atoms with van der Waals surface area (Å²) in [7, 11) is 2.00. The molecule has 0 radical (unpaired) electrons. The number of para-hydroxylation sites is 1. The molecule has 1 amide bonds. The average Bonchev–Trinajstić information content (AvgIpc) is 2.62. The van der Waals surface area contributed by atoms with Crippen molar-refractivity contribution in [2.75, 3.05) is 38.5 Å². The highest BCUT2D eigenvalue weighted by molar-refractivity contribution is 6.00. The lowest BCUT2D eigenvalue weighted by Crippen LogP contribution is -2.47. The van der Waals surface area contributed by atoms with Crippen LogP contribution in [0.4, 0.5) is 24.5 Å². The van der Waals surface area contributed by atoms with Crippen LogP contribution in [0.5, 0.6) is 0 Å². The minimum absolute atomic E-state index is 0.117. The molecule has 1 saturated heterocycles. The van der Waals surface area contributed by atoms with Gasteiger partial charge >= 0.3 is 6.18 Å². The van der Waals surface area contributed by atoms with Crippen molar-refractivity contribution in [2.45, 2.75) is 6.18 Å². The number of piperazine rings is 1. The molecular weight excluding hydrogens is 343 g/mol. The number of alkyl halides is 3. The van der Waals surface area contributed by atoms with Gasteiger partial charge in [0.1, 0.15) is 0 Å². The van der Waals surface area contributed by atoms with Crippen LogP contribution >= 0.6 is 0 Å². The summed E-state index contributed by atoms with van der Waals surface area (Å²) in [6.07, 6.45) is -4.41. The minimum atomic E-state index is -4.41. The van der Waals surface area contributed by atoms with E-state index in [9.17, 15) is 18.0 Å². The highest BCUT2D eigenvalue weighted by Crippen LogP contribution is 2.32. The summed E-state index contributed by atoms with van der Waals surface area (Å²) in [5.41, 5.74) is 0.508. The molecule has 1 N–H and O–H groups in total. The maximum atomic E-state index is 12.9. The second-order valence-corrected chi connectivity index (χ2v) is 6.34. The van der Waals surface area contributed by atoms with Gasteiger partial charge in [0.05, 0.1) is 16.8 Å². The number of carbonyl (C=O) groups excluding carboxylic acids is 1. The Labute approximate surface area is 150 Å². The van der Waals surface area contributed by atoms with E-state index in [-0.39, 0.29) is 5.91 Å². The first kappa shape index (κ1) is 18.3. The number of nitrogens with zero attached hydrogens (tertiary/aromatic N) is 2. The van der Waals surface area contributed by atoms with Crippen LogP contribution in [-0.2, 0) is 6.18 Å². The molecule has 0 atom stereocenters. The molecule has 1 aliphatic rings. The fraction of sp³-hybridized carbons (Fsp3) is 0.316. The molecule has 2 aromatic rings. The zero-order valence-corrected chi connectivity index (χ0v) is 14.4. The van der Waals surface area contributed by atoms with Crippen molar-refractivity contribution in [1.29, 1.82) is 0 Å². The Morgan fingerprint density at radius 2 is 1.69 bits per heavy atom. The van der Waals surface area contributed by atoms with Gasteiger partial charge in [-0.3, -0.25) is 4.79 Å². The SMILES string of the molecule is CN1CCN(C(=O)c2ccccc2Nc2cccc(C(F)(F)F)c2)CC1. The first-order chi connectivity index (χ1) is 12.3. The van der Waals surface area contributed by atoms with Crippen LogP contribution in [0.3, 0.4) is 0 Å². The summed E-state index contributed by atoms with van der Waals surface area (Å²) >= 11 is 0. The number of halogens is 3. The number of benzene rings is 2. The third kappa shape index (κ3) is 4.16. The molecule has 1 fully saturated rings. The van der Waals surface area contributed by atoms with Gasteiger partial charge in [-0.25, -0.2) is 0 Å². The molecule has 3 rings (SSSR count). The fourth-order valence-electron chi connectivity index (χ4n) is 2.89. The first-order valence-electron chi connectivity index (χ1n) is 8.36. The minimum Gasteiger partial charge on any atom is -0.355 e. The quantitative estimate of drug-likeness (QED) is 0.900. The van der Waals surface area contributed by atoms with E-state index in [1.54, 1.807) is 35.2 Å². The fourth-order valence-corrected chi connectivity index (χ4v) is 2.89. The van der Waals surface area contributed by atoms with Gasteiger partial charge in [0.2, 0.25) is 0 Å². The molecule has 1 heterocycles. The molecule has 1 aliphatic heterocycles. The van der Waals surface area contributed by atoms with Crippen molar-refractivity contribution in [1.82, 2.24) is 9.80 Å². The van der Waals surface area contributed by atoms with Crippen LogP contribution in [-0.4, -0.2) is 48.9 Å². The molecule has 0 bridgehead atoms. The summed E-state index contributed by atoms with van der Waals surface area (Å²) in [5, 5.41) is 2.96. The van der Waals surface area contributed by atoms with E-state index in [2.05, 4.69) is 10.2 Å². The number of likely N-dealkylation sites (N-methyl/N-ethyl adjacent to an activating group) is 1. The lowest BCUT2D eigenvalue weighted by molar-refractivity contribution is -0.137. The number of hydrogen-bond acceptors (Lipinski definition) is 3. The molecule has 26 heavy (non-hydrogen) atoms. The molecule has 0 aromatic heterocycles. The third-order valence-electron chi connectivity index (χ3n) is 4.42. The molecule has 0 unspecified atom stereocenters. The van der Waals surface area contributed by atoms with Crippen LogP contribution in [0.25, 0.3) is 0 Å². The van der Waals surface area contributed by atoms with Gasteiger partial charge in [-0.05, 0) is 37.4 Å². The second kappa shape index (κ2) is 7.37. The monoisotopic (exact) mass is 363 g/mol. The van der Waals surface area contributed by atoms with E-state index >= 15 is 0 Å². The van der Waals surface area contributed by atoms with Gasteiger partial charge < -0.3 is 15.1 Å². The van der Waals surface area contributed by atoms with Gasteiger partial charge in [-0.1, -0.05) is 18.2 Å². The van der Waals surface area contributed by atoms with Crippen molar-refractivity contribution >= 4 is 17.3 Å². The number of amides is 1. The van der Waals surface area contributed by atoms with Crippen molar-refractivity contribution in [3.63, 3.8) is 0 Å². The zero-order chi connectivity index (χ0) is 18.7. The smallest absolute Gasteiger partial charge is 0.355 e. The van der Waals surface area contributed by atoms with Crippen molar-refractivity contribution in [2.24, 2.45) is 0 Å². The molecule has 4 nitrogen and oxygen atoms in total. The Morgan fingerprint density at radius 1 is 1.00 bits per heavy atom. The van der Waals surface area contributed by atoms with Gasteiger partial charge in [-0.15, -0.1) is 0 Å². The Balaban J connectivity index is 1.83. The summed E-state index contributed by atoms with van der Waals surface area (Å²) < 4.78 is 38.7. The Bertz CT molecular complexity index is 784. The second-order valence-electron chi connectivity index (χ2n) is 6.34. The van der Waals surface area contributed by atoms with Crippen LogP contribution in [0.15, 0.2) is 48.5 Å². The van der Waals surface area contributed by atoms with Crippen molar-refractivity contribution in [3.8, 4) is 0 Å². The van der Waals surface area contributed by atoms with E-state index in [0.29, 0.717) is 30.0 Å². The summed E-state index contributed by atoms with van der Waals surface area (Å²) in [5.74, 6) is -0.117. The lowest BCUT2D eigenvalue weighted by atomic mass is 10.1. The van der Waals surface area contributed by atoms with E-state index in [4.69, 9.17) is 0 Å². The van der Waals surface area contributed by atoms with Gasteiger partial charge in [-0.2, -0.15) is 13.2 Å². The summed E-state index contributed by atoms with van der Waals surface area (Å²) in [6.45, 7) is 2.87. The zero-order valence-electron chi connectivity index (χ0n) is 14.4. The number of carbonyl (C=O) groups is 1. The van der Waals surface area contributed by atoms with Crippen LogP contribution in [0, 0.1) is 0 Å². The topological polar surface area (TPSA) is 35.6 Å². The van der Waals surface area contributed by atoms with E-state index in [0.717, 1.165) is 25.2 Å². The molecule has 0 saturated carbocycles. The predicted molar refractivity (Wildman–Crippen MR) is 94.6 cm³/mol. The van der Waals surface area contributed by atoms with Gasteiger partial charge in [0.25, 0.3) is 5.91 Å². The standard InChI is InChI=1S/C19H20F3N3O/c1-24-9-11-25(12-10-24)18(26)16-7-2-3-8-17(16)23-15-6-4-5-14(13-15)19(20,21)22/h2-8,13,23H,9-12H2,1H3. The Kier molecular flexibility index (Phi) is 5.18. The number of rotatable bonds is 3. The molecule has 0 aliphatic carbocycles. The Morgan fingerprint density at radius 3 is 2.38 bits per heavy atom. The van der Waals surface area contributed by atoms with Gasteiger partial charge in [0, 0.05) is 31.9 Å². The largest absolute Gasteiger partial charge is 0.416 e. The van der Waals surface area contributed by atoms with Gasteiger partial charge in [0.15, 0.2) is 0 Å². The average molecular weight is 363 g/mol. The first-order valence-corrected chi connectivity index (χ1v) is 8.36. The van der Waals surface area contributed by atoms with Crippen LogP contribution in [0.1, 0.15) is 15.9 Å². The van der Waals surface area contributed by atoms with Crippen molar-refractivity contribution in [3.05, 3.63) is 59.7 Å². The van der Waals surface area contributed by atoms with E-state index in [1.165, 1.54) is 6.07 Å². The normalized spacial score (nSPS) is 15.8. The Hall–Kier alpha value is -2.54. The highest BCUT2D eigenvalue weighted by Gasteiger charge is 2.30.